The monoisotopic (exact) mass is 174 g/mol. The third-order valence-corrected chi connectivity index (χ3v) is 1.40. The number of methoxy groups -OCH3 is 1. The highest BCUT2D eigenvalue weighted by Gasteiger charge is 1.98. The molecule has 0 spiro atoms. The Morgan fingerprint density at radius 1 is 1.82 bits per heavy atom. The molecule has 1 heterocycles. The van der Waals surface area contributed by atoms with Crippen LogP contribution in [0.3, 0.4) is 0 Å². The van der Waals surface area contributed by atoms with E-state index < -0.39 is 0 Å². The fourth-order valence-electron chi connectivity index (χ4n) is 0.641. The lowest BCUT2D eigenvalue weighted by molar-refractivity contribution is 0.116. The molecule has 0 aliphatic heterocycles. The number of nitrogens with zero attached hydrogens (tertiary/aromatic N) is 2. The molecule has 0 aliphatic carbocycles. The zero-order chi connectivity index (χ0) is 8.27. The van der Waals surface area contributed by atoms with Crippen molar-refractivity contribution >= 4 is 11.6 Å². The van der Waals surface area contributed by atoms with Crippen LogP contribution in [0.5, 0.6) is 0 Å². The van der Waals surface area contributed by atoms with Gasteiger partial charge in [0.1, 0.15) is 11.8 Å². The standard InChI is InChI=1S/C6H7ClN2O2/c1-11-4-9-6(10)5(7)2-3-8-9/h2-3H,4H2,1H3. The van der Waals surface area contributed by atoms with Crippen molar-refractivity contribution in [1.82, 2.24) is 9.78 Å². The predicted molar refractivity (Wildman–Crippen MR) is 40.5 cm³/mol. The Morgan fingerprint density at radius 2 is 2.55 bits per heavy atom. The quantitative estimate of drug-likeness (QED) is 0.656. The van der Waals surface area contributed by atoms with E-state index in [4.69, 9.17) is 16.3 Å². The highest BCUT2D eigenvalue weighted by Crippen LogP contribution is 1.95. The van der Waals surface area contributed by atoms with Gasteiger partial charge in [-0.1, -0.05) is 11.6 Å². The molecule has 1 rings (SSSR count). The van der Waals surface area contributed by atoms with Gasteiger partial charge in [0.15, 0.2) is 0 Å². The molecular weight excluding hydrogens is 168 g/mol. The average Bonchev–Trinajstić information content (AvgIpc) is 1.99. The van der Waals surface area contributed by atoms with Gasteiger partial charge in [-0.3, -0.25) is 4.79 Å². The Balaban J connectivity index is 3.07. The van der Waals surface area contributed by atoms with E-state index in [0.29, 0.717) is 0 Å². The summed E-state index contributed by atoms with van der Waals surface area (Å²) in [4.78, 5) is 11.0. The Bertz CT molecular complexity index is 297. The Labute approximate surface area is 68.4 Å². The average molecular weight is 175 g/mol. The number of hydrogen-bond donors (Lipinski definition) is 0. The second kappa shape index (κ2) is 3.50. The Kier molecular flexibility index (Phi) is 2.62. The lowest BCUT2D eigenvalue weighted by Crippen LogP contribution is -2.23. The summed E-state index contributed by atoms with van der Waals surface area (Å²) in [6.45, 7) is 0.124. The fourth-order valence-corrected chi connectivity index (χ4v) is 0.794. The van der Waals surface area contributed by atoms with Crippen LogP contribution < -0.4 is 5.56 Å². The van der Waals surface area contributed by atoms with Crippen molar-refractivity contribution in [3.63, 3.8) is 0 Å². The first kappa shape index (κ1) is 8.23. The largest absolute Gasteiger partial charge is 0.362 e. The lowest BCUT2D eigenvalue weighted by atomic mass is 10.6. The molecule has 0 aromatic carbocycles. The second-order valence-electron chi connectivity index (χ2n) is 1.90. The van der Waals surface area contributed by atoms with Crippen molar-refractivity contribution in [2.45, 2.75) is 6.73 Å². The number of ether oxygens (including phenoxy) is 1. The molecule has 5 heteroatoms. The molecule has 0 fully saturated rings. The van der Waals surface area contributed by atoms with Gasteiger partial charge < -0.3 is 4.74 Å². The van der Waals surface area contributed by atoms with Crippen molar-refractivity contribution < 1.29 is 4.74 Å². The number of aromatic nitrogens is 2. The molecule has 0 bridgehead atoms. The van der Waals surface area contributed by atoms with Crippen LogP contribution in [0.2, 0.25) is 5.02 Å². The van der Waals surface area contributed by atoms with Gasteiger partial charge >= 0.3 is 0 Å². The Morgan fingerprint density at radius 3 is 3.18 bits per heavy atom. The van der Waals surface area contributed by atoms with E-state index in [1.165, 1.54) is 19.4 Å². The van der Waals surface area contributed by atoms with E-state index >= 15 is 0 Å². The molecule has 11 heavy (non-hydrogen) atoms. The van der Waals surface area contributed by atoms with Gasteiger partial charge in [-0.15, -0.1) is 0 Å². The maximum atomic E-state index is 11.0. The molecule has 0 atom stereocenters. The molecule has 0 N–H and O–H groups in total. The first-order valence-electron chi connectivity index (χ1n) is 2.96. The van der Waals surface area contributed by atoms with Crippen LogP contribution in [0.4, 0.5) is 0 Å². The van der Waals surface area contributed by atoms with E-state index in [-0.39, 0.29) is 17.3 Å². The van der Waals surface area contributed by atoms with E-state index in [2.05, 4.69) is 5.10 Å². The summed E-state index contributed by atoms with van der Waals surface area (Å²) < 4.78 is 5.85. The van der Waals surface area contributed by atoms with Gasteiger partial charge in [-0.05, 0) is 6.07 Å². The van der Waals surface area contributed by atoms with Crippen LogP contribution in [0.15, 0.2) is 17.1 Å². The highest BCUT2D eigenvalue weighted by molar-refractivity contribution is 6.30. The van der Waals surface area contributed by atoms with Gasteiger partial charge in [0.2, 0.25) is 0 Å². The molecule has 0 saturated carbocycles. The maximum absolute atomic E-state index is 11.0. The van der Waals surface area contributed by atoms with Crippen LogP contribution in [-0.2, 0) is 11.5 Å². The fraction of sp³-hybridized carbons (Fsp3) is 0.333. The zero-order valence-electron chi connectivity index (χ0n) is 5.95. The van der Waals surface area contributed by atoms with Crippen molar-refractivity contribution in [2.75, 3.05) is 7.11 Å². The molecule has 0 aliphatic rings. The zero-order valence-corrected chi connectivity index (χ0v) is 6.71. The minimum atomic E-state index is -0.337. The summed E-state index contributed by atoms with van der Waals surface area (Å²) in [7, 11) is 1.48. The summed E-state index contributed by atoms with van der Waals surface area (Å²) in [6.07, 6.45) is 1.45. The normalized spacial score (nSPS) is 10.0. The third-order valence-electron chi connectivity index (χ3n) is 1.12. The van der Waals surface area contributed by atoms with Crippen LogP contribution >= 0.6 is 11.6 Å². The second-order valence-corrected chi connectivity index (χ2v) is 2.31. The third kappa shape index (κ3) is 1.78. The molecule has 4 nitrogen and oxygen atoms in total. The molecule has 0 amide bonds. The SMILES string of the molecule is COCn1nccc(Cl)c1=O. The molecule has 0 saturated heterocycles. The Hall–Kier alpha value is -0.870. The van der Waals surface area contributed by atoms with E-state index in [0.717, 1.165) is 4.68 Å². The van der Waals surface area contributed by atoms with Gasteiger partial charge in [0.25, 0.3) is 5.56 Å². The summed E-state index contributed by atoms with van der Waals surface area (Å²) in [5, 5.41) is 3.87. The van der Waals surface area contributed by atoms with E-state index in [1.807, 2.05) is 0 Å². The summed E-state index contributed by atoms with van der Waals surface area (Å²) in [5.74, 6) is 0. The summed E-state index contributed by atoms with van der Waals surface area (Å²) >= 11 is 5.52. The van der Waals surface area contributed by atoms with Crippen molar-refractivity contribution in [1.29, 1.82) is 0 Å². The number of rotatable bonds is 2. The van der Waals surface area contributed by atoms with Gasteiger partial charge in [-0.25, -0.2) is 4.68 Å². The van der Waals surface area contributed by atoms with Crippen LogP contribution in [0.25, 0.3) is 0 Å². The van der Waals surface area contributed by atoms with Crippen LogP contribution in [-0.4, -0.2) is 16.9 Å². The van der Waals surface area contributed by atoms with Gasteiger partial charge in [0.05, 0.1) is 0 Å². The predicted octanol–water partition coefficient (Wildman–Crippen LogP) is 0.501. The molecule has 1 aromatic rings. The first-order chi connectivity index (χ1) is 5.25. The number of hydrogen-bond acceptors (Lipinski definition) is 3. The van der Waals surface area contributed by atoms with Crippen LogP contribution in [0, 0.1) is 0 Å². The van der Waals surface area contributed by atoms with Gasteiger partial charge in [0, 0.05) is 13.3 Å². The van der Waals surface area contributed by atoms with E-state index in [1.54, 1.807) is 0 Å². The molecule has 0 radical (unpaired) electrons. The molecular formula is C6H7ClN2O2. The number of halogens is 1. The molecule has 60 valence electrons. The molecule has 1 aromatic heterocycles. The first-order valence-corrected chi connectivity index (χ1v) is 3.34. The van der Waals surface area contributed by atoms with Crippen molar-refractivity contribution in [2.24, 2.45) is 0 Å². The smallest absolute Gasteiger partial charge is 0.287 e. The van der Waals surface area contributed by atoms with Crippen LogP contribution in [0.1, 0.15) is 0 Å². The van der Waals surface area contributed by atoms with Crippen molar-refractivity contribution in [3.8, 4) is 0 Å². The maximum Gasteiger partial charge on any atom is 0.287 e. The van der Waals surface area contributed by atoms with E-state index in [9.17, 15) is 4.79 Å². The lowest BCUT2D eigenvalue weighted by Gasteiger charge is -2.00. The molecule has 0 unspecified atom stereocenters. The minimum absolute atomic E-state index is 0.124. The minimum Gasteiger partial charge on any atom is -0.362 e. The van der Waals surface area contributed by atoms with Crippen molar-refractivity contribution in [3.05, 3.63) is 27.6 Å². The topological polar surface area (TPSA) is 44.1 Å². The summed E-state index contributed by atoms with van der Waals surface area (Å²) in [6, 6.07) is 1.44. The summed E-state index contributed by atoms with van der Waals surface area (Å²) in [5.41, 5.74) is -0.337. The van der Waals surface area contributed by atoms with Gasteiger partial charge in [-0.2, -0.15) is 5.10 Å². The highest BCUT2D eigenvalue weighted by atomic mass is 35.5.